The van der Waals surface area contributed by atoms with Gasteiger partial charge in [-0.25, -0.2) is 19.0 Å². The Morgan fingerprint density at radius 1 is 0.625 bits per heavy atom. The zero-order valence-corrected chi connectivity index (χ0v) is 20.8. The normalized spacial score (nSPS) is 12.2. The summed E-state index contributed by atoms with van der Waals surface area (Å²) < 4.78 is 4.07. The van der Waals surface area contributed by atoms with E-state index in [0.717, 1.165) is 71.1 Å². The van der Waals surface area contributed by atoms with E-state index in [-0.39, 0.29) is 0 Å². The molecule has 4 rings (SSSR count). The van der Waals surface area contributed by atoms with Gasteiger partial charge < -0.3 is 0 Å². The summed E-state index contributed by atoms with van der Waals surface area (Å²) >= 11 is 0. The van der Waals surface area contributed by atoms with Gasteiger partial charge in [-0.3, -0.25) is 0 Å². The third-order valence-electron chi connectivity index (χ3n) is 6.89. The van der Waals surface area contributed by atoms with Gasteiger partial charge in [0, 0.05) is 11.1 Å². The highest BCUT2D eigenvalue weighted by molar-refractivity contribution is 5.71. The number of hydrogen-bond acceptors (Lipinski definition) is 4. The van der Waals surface area contributed by atoms with Gasteiger partial charge in [0.1, 0.15) is 11.4 Å². The Labute approximate surface area is 191 Å². The van der Waals surface area contributed by atoms with Gasteiger partial charge in [-0.1, -0.05) is 27.7 Å². The van der Waals surface area contributed by atoms with Crippen LogP contribution in [0.3, 0.4) is 0 Å². The molecule has 170 valence electrons. The summed E-state index contributed by atoms with van der Waals surface area (Å²) in [5.41, 5.74) is 10.4. The molecule has 0 amide bonds. The molecule has 4 heterocycles. The van der Waals surface area contributed by atoms with Crippen LogP contribution in [0.25, 0.3) is 22.7 Å². The van der Waals surface area contributed by atoms with Gasteiger partial charge in [0.25, 0.3) is 0 Å². The molecule has 32 heavy (non-hydrogen) atoms. The van der Waals surface area contributed by atoms with Crippen LogP contribution in [0.5, 0.6) is 0 Å². The Morgan fingerprint density at radius 2 is 0.969 bits per heavy atom. The summed E-state index contributed by atoms with van der Waals surface area (Å²) in [5.74, 6) is 0.943. The third-order valence-corrected chi connectivity index (χ3v) is 6.89. The minimum Gasteiger partial charge on any atom is -0.231 e. The van der Waals surface area contributed by atoms with Gasteiger partial charge in [-0.15, -0.1) is 0 Å². The second kappa shape index (κ2) is 8.64. The Morgan fingerprint density at radius 3 is 1.28 bits per heavy atom. The molecule has 0 aromatic carbocycles. The van der Waals surface area contributed by atoms with Gasteiger partial charge in [-0.2, -0.15) is 10.2 Å². The highest BCUT2D eigenvalue weighted by atomic mass is 15.3. The predicted molar refractivity (Wildman–Crippen MR) is 131 cm³/mol. The molecular weight excluding hydrogens is 396 g/mol. The largest absolute Gasteiger partial charge is 0.231 e. The van der Waals surface area contributed by atoms with Crippen LogP contribution in [-0.2, 0) is 0 Å². The Balaban J connectivity index is 2.07. The van der Waals surface area contributed by atoms with Crippen molar-refractivity contribution in [2.24, 2.45) is 0 Å². The number of rotatable bonds is 7. The summed E-state index contributed by atoms with van der Waals surface area (Å²) in [7, 11) is 0. The SMILES string of the molecule is CCC(CC)c1cc(C)nn2c(-c3c(C)nc4c(C(CC)CC)cc(C)nn34)c(C)nc12. The summed E-state index contributed by atoms with van der Waals surface area (Å²) in [6.07, 6.45) is 4.35. The van der Waals surface area contributed by atoms with Crippen LogP contribution in [0.15, 0.2) is 12.1 Å². The molecular formula is C26H36N6. The van der Waals surface area contributed by atoms with E-state index < -0.39 is 0 Å². The van der Waals surface area contributed by atoms with E-state index in [9.17, 15) is 0 Å². The van der Waals surface area contributed by atoms with E-state index in [1.165, 1.54) is 11.1 Å². The molecule has 0 N–H and O–H groups in total. The van der Waals surface area contributed by atoms with Crippen molar-refractivity contribution in [1.82, 2.24) is 29.2 Å². The molecule has 6 heteroatoms. The van der Waals surface area contributed by atoms with Gasteiger partial charge >= 0.3 is 0 Å². The topological polar surface area (TPSA) is 60.4 Å². The number of fused-ring (bicyclic) bond motifs is 2. The highest BCUT2D eigenvalue weighted by Gasteiger charge is 2.25. The lowest BCUT2D eigenvalue weighted by Crippen LogP contribution is -2.08. The van der Waals surface area contributed by atoms with Crippen LogP contribution in [0, 0.1) is 27.7 Å². The molecule has 0 bridgehead atoms. The van der Waals surface area contributed by atoms with Crippen molar-refractivity contribution in [1.29, 1.82) is 0 Å². The Bertz CT molecular complexity index is 1170. The molecule has 6 nitrogen and oxygen atoms in total. The van der Waals surface area contributed by atoms with E-state index >= 15 is 0 Å². The standard InChI is InChI=1S/C26H36N6/c1-9-19(10-2)21-13-15(5)29-31-23(17(7)27-25(21)31)24-18(8)28-26-22(20(11-3)12-4)14-16(6)30-32(24)26/h13-14,19-20H,9-12H2,1-8H3. The van der Waals surface area contributed by atoms with Crippen molar-refractivity contribution >= 4 is 11.3 Å². The predicted octanol–water partition coefficient (Wildman–Crippen LogP) is 6.48. The molecule has 0 radical (unpaired) electrons. The number of aromatic nitrogens is 6. The van der Waals surface area contributed by atoms with Crippen molar-refractivity contribution in [3.63, 3.8) is 0 Å². The van der Waals surface area contributed by atoms with E-state index in [4.69, 9.17) is 20.2 Å². The van der Waals surface area contributed by atoms with Crippen LogP contribution in [0.1, 0.15) is 99.1 Å². The average Bonchev–Trinajstić information content (AvgIpc) is 3.24. The van der Waals surface area contributed by atoms with E-state index in [1.807, 2.05) is 9.03 Å². The number of aryl methyl sites for hydroxylation is 4. The number of imidazole rings is 2. The summed E-state index contributed by atoms with van der Waals surface area (Å²) in [5, 5.41) is 9.82. The smallest absolute Gasteiger partial charge is 0.158 e. The Kier molecular flexibility index (Phi) is 6.06. The Hall–Kier alpha value is -2.76. The van der Waals surface area contributed by atoms with Crippen molar-refractivity contribution in [3.05, 3.63) is 46.0 Å². The molecule has 4 aromatic rings. The quantitative estimate of drug-likeness (QED) is 0.335. The summed E-state index contributed by atoms with van der Waals surface area (Å²) in [4.78, 5) is 10.0. The van der Waals surface area contributed by atoms with Crippen molar-refractivity contribution < 1.29 is 0 Å². The fraction of sp³-hybridized carbons (Fsp3) is 0.538. The van der Waals surface area contributed by atoms with Crippen LogP contribution >= 0.6 is 0 Å². The molecule has 0 saturated heterocycles. The first-order chi connectivity index (χ1) is 15.3. The molecule has 0 aliphatic heterocycles. The zero-order chi connectivity index (χ0) is 23.2. The average molecular weight is 433 g/mol. The maximum Gasteiger partial charge on any atom is 0.158 e. The minimum absolute atomic E-state index is 0.471. The fourth-order valence-electron chi connectivity index (χ4n) is 5.16. The van der Waals surface area contributed by atoms with Gasteiger partial charge in [-0.05, 0) is 77.3 Å². The highest BCUT2D eigenvalue weighted by Crippen LogP contribution is 2.35. The van der Waals surface area contributed by atoms with E-state index in [1.54, 1.807) is 0 Å². The minimum atomic E-state index is 0.471. The van der Waals surface area contributed by atoms with Gasteiger partial charge in [0.2, 0.25) is 0 Å². The first kappa shape index (κ1) is 22.4. The van der Waals surface area contributed by atoms with Crippen LogP contribution in [0.2, 0.25) is 0 Å². The third kappa shape index (κ3) is 3.50. The molecule has 0 spiro atoms. The van der Waals surface area contributed by atoms with Crippen molar-refractivity contribution in [2.45, 2.75) is 92.9 Å². The lowest BCUT2D eigenvalue weighted by Gasteiger charge is -2.15. The molecule has 0 aliphatic rings. The maximum absolute atomic E-state index is 5.02. The first-order valence-electron chi connectivity index (χ1n) is 12.1. The van der Waals surface area contributed by atoms with Gasteiger partial charge in [0.05, 0.1) is 22.8 Å². The molecule has 0 unspecified atom stereocenters. The van der Waals surface area contributed by atoms with E-state index in [2.05, 4.69) is 67.5 Å². The van der Waals surface area contributed by atoms with Crippen molar-refractivity contribution in [3.8, 4) is 11.4 Å². The number of hydrogen-bond donors (Lipinski definition) is 0. The number of nitrogens with zero attached hydrogens (tertiary/aromatic N) is 6. The molecule has 0 saturated carbocycles. The van der Waals surface area contributed by atoms with Crippen molar-refractivity contribution in [2.75, 3.05) is 0 Å². The molecule has 0 atom stereocenters. The second-order valence-electron chi connectivity index (χ2n) is 9.07. The zero-order valence-electron chi connectivity index (χ0n) is 20.8. The summed E-state index contributed by atoms with van der Waals surface area (Å²) in [6.45, 7) is 17.3. The fourth-order valence-corrected chi connectivity index (χ4v) is 5.16. The van der Waals surface area contributed by atoms with Crippen LogP contribution in [0.4, 0.5) is 0 Å². The molecule has 0 aliphatic carbocycles. The van der Waals surface area contributed by atoms with E-state index in [0.29, 0.717) is 11.8 Å². The second-order valence-corrected chi connectivity index (χ2v) is 9.07. The monoisotopic (exact) mass is 432 g/mol. The lowest BCUT2D eigenvalue weighted by molar-refractivity contribution is 0.637. The first-order valence-corrected chi connectivity index (χ1v) is 12.1. The molecule has 4 aromatic heterocycles. The maximum atomic E-state index is 5.02. The van der Waals surface area contributed by atoms with Gasteiger partial charge in [0.15, 0.2) is 11.3 Å². The lowest BCUT2D eigenvalue weighted by atomic mass is 9.95. The van der Waals surface area contributed by atoms with Crippen LogP contribution < -0.4 is 0 Å². The van der Waals surface area contributed by atoms with Crippen LogP contribution in [-0.4, -0.2) is 29.2 Å². The molecule has 0 fully saturated rings. The summed E-state index contributed by atoms with van der Waals surface area (Å²) in [6, 6.07) is 4.41.